The molecule has 1 rings (SSSR count). The van der Waals surface area contributed by atoms with Crippen LogP contribution in [0.15, 0.2) is 23.2 Å². The third-order valence-corrected chi connectivity index (χ3v) is 1.70. The van der Waals surface area contributed by atoms with E-state index in [4.69, 9.17) is 17.3 Å². The molecule has 0 saturated carbocycles. The highest BCUT2D eigenvalue weighted by Crippen LogP contribution is 2.16. The van der Waals surface area contributed by atoms with E-state index in [2.05, 4.69) is 4.99 Å². The van der Waals surface area contributed by atoms with Crippen LogP contribution in [0.4, 0.5) is 10.1 Å². The normalized spacial score (nSPS) is 11.0. The van der Waals surface area contributed by atoms with Gasteiger partial charge >= 0.3 is 0 Å². The monoisotopic (exact) mass is 200 g/mol. The van der Waals surface area contributed by atoms with Crippen molar-refractivity contribution in [2.24, 2.45) is 10.7 Å². The Morgan fingerprint density at radius 2 is 2.31 bits per heavy atom. The Hall–Kier alpha value is -0.930. The molecule has 0 spiro atoms. The molecule has 0 aliphatic carbocycles. The molecule has 0 heterocycles. The summed E-state index contributed by atoms with van der Waals surface area (Å²) in [7, 11) is 0. The van der Waals surface area contributed by atoms with Crippen molar-refractivity contribution in [1.82, 2.24) is 0 Å². The van der Waals surface area contributed by atoms with E-state index in [0.29, 0.717) is 17.1 Å². The summed E-state index contributed by atoms with van der Waals surface area (Å²) in [4.78, 5) is 3.92. The third kappa shape index (κ3) is 2.79. The van der Waals surface area contributed by atoms with Gasteiger partial charge in [0.2, 0.25) is 0 Å². The first-order valence-electron chi connectivity index (χ1n) is 3.85. The van der Waals surface area contributed by atoms with Crippen molar-refractivity contribution in [3.63, 3.8) is 0 Å². The first-order chi connectivity index (χ1) is 6.27. The van der Waals surface area contributed by atoms with Crippen LogP contribution in [-0.4, -0.2) is 12.1 Å². The van der Waals surface area contributed by atoms with Gasteiger partial charge in [-0.25, -0.2) is 4.39 Å². The van der Waals surface area contributed by atoms with Gasteiger partial charge in [-0.2, -0.15) is 0 Å². The van der Waals surface area contributed by atoms with Crippen molar-refractivity contribution in [2.75, 3.05) is 5.88 Å². The molecule has 0 radical (unpaired) electrons. The predicted molar refractivity (Wildman–Crippen MR) is 53.2 cm³/mol. The van der Waals surface area contributed by atoms with Crippen molar-refractivity contribution < 1.29 is 4.39 Å². The van der Waals surface area contributed by atoms with Crippen molar-refractivity contribution in [1.29, 1.82) is 0 Å². The number of halogens is 2. The van der Waals surface area contributed by atoms with Gasteiger partial charge in [0.05, 0.1) is 11.6 Å². The standard InChI is InChI=1S/C9H10ClFN2/c10-3-4-13-8-2-1-7(6-12)9(11)5-8/h1-2,4-5H,3,6,12H2. The van der Waals surface area contributed by atoms with Crippen LogP contribution in [-0.2, 0) is 6.54 Å². The zero-order valence-electron chi connectivity index (χ0n) is 7.00. The van der Waals surface area contributed by atoms with Gasteiger partial charge in [0, 0.05) is 18.3 Å². The highest BCUT2D eigenvalue weighted by molar-refractivity contribution is 6.24. The molecule has 0 fully saturated rings. The maximum Gasteiger partial charge on any atom is 0.129 e. The summed E-state index contributed by atoms with van der Waals surface area (Å²) in [5, 5.41) is 0. The molecular formula is C9H10ClFN2. The Balaban J connectivity index is 2.89. The Labute approximate surface area is 81.2 Å². The summed E-state index contributed by atoms with van der Waals surface area (Å²) in [5.74, 6) is -0.00741. The molecule has 13 heavy (non-hydrogen) atoms. The lowest BCUT2D eigenvalue weighted by Gasteiger charge is -1.99. The van der Waals surface area contributed by atoms with Crippen LogP contribution in [0.2, 0.25) is 0 Å². The second kappa shape index (κ2) is 4.94. The molecule has 0 saturated heterocycles. The first-order valence-corrected chi connectivity index (χ1v) is 4.38. The molecule has 2 N–H and O–H groups in total. The van der Waals surface area contributed by atoms with E-state index in [1.807, 2.05) is 0 Å². The van der Waals surface area contributed by atoms with E-state index in [1.54, 1.807) is 12.1 Å². The van der Waals surface area contributed by atoms with Crippen molar-refractivity contribution in [3.8, 4) is 0 Å². The van der Waals surface area contributed by atoms with Gasteiger partial charge in [-0.05, 0) is 12.1 Å². The van der Waals surface area contributed by atoms with Crippen LogP contribution < -0.4 is 5.73 Å². The van der Waals surface area contributed by atoms with Crippen LogP contribution in [0.1, 0.15) is 5.56 Å². The largest absolute Gasteiger partial charge is 0.326 e. The maximum absolute atomic E-state index is 13.1. The number of alkyl halides is 1. The fourth-order valence-electron chi connectivity index (χ4n) is 0.922. The van der Waals surface area contributed by atoms with Crippen LogP contribution in [0.3, 0.4) is 0 Å². The predicted octanol–water partition coefficient (Wildman–Crippen LogP) is 2.23. The molecule has 70 valence electrons. The fraction of sp³-hybridized carbons (Fsp3) is 0.222. The molecule has 1 aromatic carbocycles. The molecule has 0 aliphatic rings. The van der Waals surface area contributed by atoms with E-state index in [-0.39, 0.29) is 12.4 Å². The smallest absolute Gasteiger partial charge is 0.129 e. The Kier molecular flexibility index (Phi) is 3.86. The SMILES string of the molecule is NCc1ccc(N=CCCl)cc1F. The van der Waals surface area contributed by atoms with Gasteiger partial charge in [0.25, 0.3) is 0 Å². The first kappa shape index (κ1) is 10.2. The van der Waals surface area contributed by atoms with Crippen LogP contribution >= 0.6 is 11.6 Å². The van der Waals surface area contributed by atoms with Gasteiger partial charge < -0.3 is 5.73 Å². The summed E-state index contributed by atoms with van der Waals surface area (Å²) >= 11 is 5.39. The van der Waals surface area contributed by atoms with Gasteiger partial charge in [-0.15, -0.1) is 11.6 Å². The van der Waals surface area contributed by atoms with Crippen molar-refractivity contribution >= 4 is 23.5 Å². The van der Waals surface area contributed by atoms with Crippen LogP contribution in [0.25, 0.3) is 0 Å². The number of aliphatic imine (C=N–C) groups is 1. The number of nitrogens with two attached hydrogens (primary N) is 1. The summed E-state index contributed by atoms with van der Waals surface area (Å²) in [5.41, 5.74) is 6.34. The number of nitrogens with zero attached hydrogens (tertiary/aromatic N) is 1. The minimum absolute atomic E-state index is 0.200. The summed E-state index contributed by atoms with van der Waals surface area (Å²) < 4.78 is 13.1. The molecule has 0 bridgehead atoms. The number of hydrogen-bond acceptors (Lipinski definition) is 2. The number of benzene rings is 1. The van der Waals surface area contributed by atoms with E-state index in [1.165, 1.54) is 12.3 Å². The fourth-order valence-corrected chi connectivity index (χ4v) is 0.991. The zero-order chi connectivity index (χ0) is 9.68. The Bertz CT molecular complexity index is 312. The third-order valence-electron chi connectivity index (χ3n) is 1.57. The van der Waals surface area contributed by atoms with Crippen LogP contribution in [0.5, 0.6) is 0 Å². The van der Waals surface area contributed by atoms with E-state index < -0.39 is 0 Å². The maximum atomic E-state index is 13.1. The summed E-state index contributed by atoms with van der Waals surface area (Å²) in [6, 6.07) is 4.66. The molecule has 4 heteroatoms. The second-order valence-corrected chi connectivity index (χ2v) is 2.75. The van der Waals surface area contributed by atoms with Crippen molar-refractivity contribution in [3.05, 3.63) is 29.6 Å². The Morgan fingerprint density at radius 1 is 1.54 bits per heavy atom. The topological polar surface area (TPSA) is 38.4 Å². The molecular weight excluding hydrogens is 191 g/mol. The van der Waals surface area contributed by atoms with Gasteiger partial charge in [0.1, 0.15) is 5.82 Å². The molecule has 0 atom stereocenters. The lowest BCUT2D eigenvalue weighted by molar-refractivity contribution is 0.611. The quantitative estimate of drug-likeness (QED) is 0.590. The average molecular weight is 201 g/mol. The molecule has 2 nitrogen and oxygen atoms in total. The lowest BCUT2D eigenvalue weighted by atomic mass is 10.2. The zero-order valence-corrected chi connectivity index (χ0v) is 7.76. The van der Waals surface area contributed by atoms with Gasteiger partial charge in [-0.3, -0.25) is 4.99 Å². The summed E-state index contributed by atoms with van der Waals surface area (Å²) in [6.07, 6.45) is 1.51. The molecule has 0 aliphatic heterocycles. The minimum Gasteiger partial charge on any atom is -0.326 e. The number of hydrogen-bond donors (Lipinski definition) is 1. The summed E-state index contributed by atoms with van der Waals surface area (Å²) in [6.45, 7) is 0.200. The van der Waals surface area contributed by atoms with E-state index in [9.17, 15) is 4.39 Å². The van der Waals surface area contributed by atoms with E-state index in [0.717, 1.165) is 0 Å². The van der Waals surface area contributed by atoms with Gasteiger partial charge in [0.15, 0.2) is 0 Å². The number of rotatable bonds is 3. The van der Waals surface area contributed by atoms with Crippen molar-refractivity contribution in [2.45, 2.75) is 6.54 Å². The molecule has 0 amide bonds. The Morgan fingerprint density at radius 3 is 2.85 bits per heavy atom. The molecule has 0 aromatic heterocycles. The lowest BCUT2D eigenvalue weighted by Crippen LogP contribution is -1.98. The second-order valence-electron chi connectivity index (χ2n) is 2.45. The molecule has 0 unspecified atom stereocenters. The van der Waals surface area contributed by atoms with E-state index >= 15 is 0 Å². The molecule has 1 aromatic rings. The highest BCUT2D eigenvalue weighted by atomic mass is 35.5. The van der Waals surface area contributed by atoms with Gasteiger partial charge in [-0.1, -0.05) is 6.07 Å². The average Bonchev–Trinajstić information content (AvgIpc) is 2.15. The highest BCUT2D eigenvalue weighted by Gasteiger charge is 1.99. The van der Waals surface area contributed by atoms with Crippen LogP contribution in [0, 0.1) is 5.82 Å². The minimum atomic E-state index is -0.327.